The third-order valence-electron chi connectivity index (χ3n) is 17.7. The average molecular weight is 1380 g/mol. The van der Waals surface area contributed by atoms with Gasteiger partial charge in [-0.25, -0.2) is 9.13 Å². The Kier molecular flexibility index (Phi) is 63.1. The van der Waals surface area contributed by atoms with Crippen molar-refractivity contribution < 1.29 is 80.2 Å². The zero-order valence-electron chi connectivity index (χ0n) is 61.6. The molecule has 0 aliphatic carbocycles. The summed E-state index contributed by atoms with van der Waals surface area (Å²) >= 11 is 0. The molecule has 0 aromatic heterocycles. The highest BCUT2D eigenvalue weighted by Crippen LogP contribution is 2.45. The monoisotopic (exact) mass is 1380 g/mol. The van der Waals surface area contributed by atoms with Gasteiger partial charge < -0.3 is 33.8 Å². The number of aliphatic hydroxyl groups is 1. The molecule has 0 amide bonds. The number of esters is 4. The van der Waals surface area contributed by atoms with Crippen LogP contribution in [0.25, 0.3) is 0 Å². The van der Waals surface area contributed by atoms with E-state index in [-0.39, 0.29) is 25.7 Å². The number of hydrogen-bond donors (Lipinski definition) is 3. The summed E-state index contributed by atoms with van der Waals surface area (Å²) in [6.45, 7) is 14.2. The summed E-state index contributed by atoms with van der Waals surface area (Å²) in [5.74, 6) is 0.936. The molecule has 3 N–H and O–H groups in total. The topological polar surface area (TPSA) is 237 Å². The van der Waals surface area contributed by atoms with Crippen LogP contribution in [0.3, 0.4) is 0 Å². The molecule has 0 aliphatic heterocycles. The van der Waals surface area contributed by atoms with Gasteiger partial charge in [0.1, 0.15) is 19.3 Å². The lowest BCUT2D eigenvalue weighted by molar-refractivity contribution is -0.161. The zero-order chi connectivity index (χ0) is 69.6. The highest BCUT2D eigenvalue weighted by atomic mass is 31.2. The first-order valence-corrected chi connectivity index (χ1v) is 41.7. The quantitative estimate of drug-likeness (QED) is 0.0222. The van der Waals surface area contributed by atoms with E-state index < -0.39 is 97.5 Å². The smallest absolute Gasteiger partial charge is 0.462 e. The molecule has 17 nitrogen and oxygen atoms in total. The van der Waals surface area contributed by atoms with E-state index in [1.165, 1.54) is 173 Å². The largest absolute Gasteiger partial charge is 0.472 e. The first kappa shape index (κ1) is 92.1. The Balaban J connectivity index is 5.25. The second-order valence-electron chi connectivity index (χ2n) is 28.7. The van der Waals surface area contributed by atoms with Crippen LogP contribution in [0.1, 0.15) is 376 Å². The van der Waals surface area contributed by atoms with Crippen LogP contribution in [-0.4, -0.2) is 96.7 Å². The fourth-order valence-corrected chi connectivity index (χ4v) is 12.9. The van der Waals surface area contributed by atoms with E-state index in [0.717, 1.165) is 114 Å². The maximum atomic E-state index is 13.1. The number of rotatable bonds is 72. The number of phosphoric acid groups is 2. The minimum atomic E-state index is -4.96. The molecule has 0 radical (unpaired) electrons. The number of phosphoric ester groups is 2. The molecule has 0 heterocycles. The molecule has 0 saturated heterocycles. The molecule has 0 saturated carbocycles. The fourth-order valence-electron chi connectivity index (χ4n) is 11.3. The van der Waals surface area contributed by atoms with Crippen LogP contribution in [0.15, 0.2) is 0 Å². The molecule has 94 heavy (non-hydrogen) atoms. The van der Waals surface area contributed by atoms with E-state index in [2.05, 4.69) is 55.4 Å². The number of ether oxygens (including phenoxy) is 4. The molecule has 0 bridgehead atoms. The predicted octanol–water partition coefficient (Wildman–Crippen LogP) is 21.7. The minimum absolute atomic E-state index is 0.105. The van der Waals surface area contributed by atoms with Crippen molar-refractivity contribution in [3.8, 4) is 0 Å². The Morgan fingerprint density at radius 3 is 0.755 bits per heavy atom. The van der Waals surface area contributed by atoms with Crippen LogP contribution in [0.5, 0.6) is 0 Å². The molecule has 0 fully saturated rings. The maximum Gasteiger partial charge on any atom is 0.472 e. The molecule has 0 aromatic carbocycles. The molecule has 19 heteroatoms. The van der Waals surface area contributed by atoms with Crippen LogP contribution >= 0.6 is 15.6 Å². The van der Waals surface area contributed by atoms with E-state index in [4.69, 9.17) is 37.0 Å². The Morgan fingerprint density at radius 2 is 0.511 bits per heavy atom. The lowest BCUT2D eigenvalue weighted by Crippen LogP contribution is -2.30. The van der Waals surface area contributed by atoms with E-state index in [1.54, 1.807) is 0 Å². The van der Waals surface area contributed by atoms with Crippen LogP contribution in [0, 0.1) is 23.7 Å². The number of aliphatic hydroxyl groups excluding tert-OH is 1. The second kappa shape index (κ2) is 64.4. The maximum absolute atomic E-state index is 13.1. The van der Waals surface area contributed by atoms with E-state index in [9.17, 15) is 43.2 Å². The van der Waals surface area contributed by atoms with Crippen LogP contribution in [0.4, 0.5) is 0 Å². The van der Waals surface area contributed by atoms with Crippen molar-refractivity contribution in [1.82, 2.24) is 0 Å². The van der Waals surface area contributed by atoms with Gasteiger partial charge in [-0.05, 0) is 49.4 Å². The van der Waals surface area contributed by atoms with E-state index >= 15 is 0 Å². The molecular weight excluding hydrogens is 1230 g/mol. The summed E-state index contributed by atoms with van der Waals surface area (Å²) in [4.78, 5) is 72.8. The summed E-state index contributed by atoms with van der Waals surface area (Å²) in [5.41, 5.74) is 0. The van der Waals surface area contributed by atoms with Crippen molar-refractivity contribution in [2.24, 2.45) is 23.7 Å². The summed E-state index contributed by atoms with van der Waals surface area (Å²) in [5, 5.41) is 10.6. The normalized spacial score (nSPS) is 14.4. The van der Waals surface area contributed by atoms with Crippen molar-refractivity contribution in [1.29, 1.82) is 0 Å². The van der Waals surface area contributed by atoms with Crippen molar-refractivity contribution in [2.45, 2.75) is 395 Å². The Bertz CT molecular complexity index is 1850. The van der Waals surface area contributed by atoms with E-state index in [1.807, 2.05) is 0 Å². The lowest BCUT2D eigenvalue weighted by Gasteiger charge is -2.21. The molecule has 558 valence electrons. The second-order valence-corrected chi connectivity index (χ2v) is 31.6. The van der Waals surface area contributed by atoms with Crippen LogP contribution < -0.4 is 0 Å². The number of hydrogen-bond acceptors (Lipinski definition) is 15. The van der Waals surface area contributed by atoms with Crippen molar-refractivity contribution in [3.63, 3.8) is 0 Å². The van der Waals surface area contributed by atoms with Gasteiger partial charge >= 0.3 is 39.5 Å². The molecular formula is C75H146O17P2. The Hall–Kier alpha value is -1.94. The van der Waals surface area contributed by atoms with Gasteiger partial charge in [-0.15, -0.1) is 0 Å². The lowest BCUT2D eigenvalue weighted by atomic mass is 9.99. The SMILES string of the molecule is CCC(C)CCCCCCCCCCCCC(=O)O[C@H](COC(=O)CCCCCCCCCCCCCCCCC(C)C)COP(=O)(O)OCC(O)COP(=O)(O)OC[C@@H](COC(=O)CCCCCCCCCC(C)C)OC(=O)CCCCCCCCCCCCC(C)C. The number of carbonyl (C=O) groups excluding carboxylic acids is 4. The van der Waals surface area contributed by atoms with Crippen LogP contribution in [-0.2, 0) is 65.4 Å². The van der Waals surface area contributed by atoms with Gasteiger partial charge in [0.25, 0.3) is 0 Å². The summed E-state index contributed by atoms with van der Waals surface area (Å²) in [6, 6.07) is 0. The molecule has 0 aliphatic rings. The fraction of sp³-hybridized carbons (Fsp3) is 0.947. The third-order valence-corrected chi connectivity index (χ3v) is 19.6. The molecule has 0 rings (SSSR count). The summed E-state index contributed by atoms with van der Waals surface area (Å²) in [6.07, 6.45) is 48.5. The van der Waals surface area contributed by atoms with Gasteiger partial charge in [-0.3, -0.25) is 37.3 Å². The van der Waals surface area contributed by atoms with Crippen molar-refractivity contribution in [3.05, 3.63) is 0 Å². The van der Waals surface area contributed by atoms with E-state index in [0.29, 0.717) is 31.6 Å². The summed E-state index contributed by atoms with van der Waals surface area (Å²) < 4.78 is 68.5. The highest BCUT2D eigenvalue weighted by molar-refractivity contribution is 7.47. The van der Waals surface area contributed by atoms with Gasteiger partial charge in [-0.1, -0.05) is 325 Å². The van der Waals surface area contributed by atoms with Gasteiger partial charge in [0.05, 0.1) is 26.4 Å². The van der Waals surface area contributed by atoms with Crippen molar-refractivity contribution >= 4 is 39.5 Å². The minimum Gasteiger partial charge on any atom is -0.462 e. The molecule has 0 spiro atoms. The average Bonchev–Trinajstić information content (AvgIpc) is 1.28. The zero-order valence-corrected chi connectivity index (χ0v) is 63.4. The molecule has 6 atom stereocenters. The van der Waals surface area contributed by atoms with Gasteiger partial charge in [0.15, 0.2) is 12.2 Å². The molecule has 0 aromatic rings. The predicted molar refractivity (Wildman–Crippen MR) is 381 cm³/mol. The van der Waals surface area contributed by atoms with Gasteiger partial charge in [0.2, 0.25) is 0 Å². The van der Waals surface area contributed by atoms with Crippen LogP contribution in [0.2, 0.25) is 0 Å². The van der Waals surface area contributed by atoms with Gasteiger partial charge in [0, 0.05) is 25.7 Å². The number of carbonyl (C=O) groups is 4. The van der Waals surface area contributed by atoms with Crippen molar-refractivity contribution in [2.75, 3.05) is 39.6 Å². The summed E-state index contributed by atoms with van der Waals surface area (Å²) in [7, 11) is -9.91. The first-order valence-electron chi connectivity index (χ1n) is 38.7. The third kappa shape index (κ3) is 67.3. The first-order chi connectivity index (χ1) is 45.1. The Labute approximate surface area is 575 Å². The molecule has 4 unspecified atom stereocenters. The Morgan fingerprint density at radius 1 is 0.298 bits per heavy atom. The van der Waals surface area contributed by atoms with Gasteiger partial charge in [-0.2, -0.15) is 0 Å². The number of unbranched alkanes of at least 4 members (excludes halogenated alkanes) is 37. The standard InChI is InChI=1S/C75H146O17P2/c1-9-68(8)54-46-38-30-22-17-19-25-33-42-50-58-75(80)91-70(61-85-72(77)55-47-39-31-23-15-13-11-10-12-14-20-27-35-43-51-65(2)3)63-89-93(81,82)87-59-69(76)60-88-94(83,84)90-64-71(62-86-73(78)56-48-40-34-26-29-37-45-53-67(6)7)92-74(79)57-49-41-32-24-18-16-21-28-36-44-52-66(4)5/h65-71,76H,9-64H2,1-8H3,(H,81,82)(H,83,84)/t68?,69?,70-,71-/m1/s1. The highest BCUT2D eigenvalue weighted by Gasteiger charge is 2.30.